The molecule has 1 aromatic carbocycles. The predicted molar refractivity (Wildman–Crippen MR) is 67.9 cm³/mol. The van der Waals surface area contributed by atoms with E-state index in [2.05, 4.69) is 20.9 Å². The molecule has 2 aromatic rings. The lowest BCUT2D eigenvalue weighted by Crippen LogP contribution is -1.90. The Morgan fingerprint density at radius 3 is 2.82 bits per heavy atom. The minimum absolute atomic E-state index is 0.425. The number of hydrogen-bond acceptors (Lipinski definition) is 3. The quantitative estimate of drug-likeness (QED) is 0.844. The van der Waals surface area contributed by atoms with Gasteiger partial charge in [0.1, 0.15) is 5.75 Å². The molecule has 0 amide bonds. The van der Waals surface area contributed by atoms with Crippen molar-refractivity contribution in [2.24, 2.45) is 0 Å². The third-order valence-corrected chi connectivity index (χ3v) is 2.71. The number of halogens is 1. The van der Waals surface area contributed by atoms with E-state index in [1.807, 2.05) is 31.2 Å². The van der Waals surface area contributed by atoms with Gasteiger partial charge in [0, 0.05) is 16.7 Å². The van der Waals surface area contributed by atoms with Crippen LogP contribution in [0.4, 0.5) is 0 Å². The first kappa shape index (κ1) is 11.6. The van der Waals surface area contributed by atoms with Gasteiger partial charge in [-0.25, -0.2) is 4.98 Å². The summed E-state index contributed by atoms with van der Waals surface area (Å²) >= 11 is 3.39. The largest absolute Gasteiger partial charge is 0.439 e. The zero-order valence-electron chi connectivity index (χ0n) is 9.14. The first-order valence-electron chi connectivity index (χ1n) is 4.99. The molecule has 0 unspecified atom stereocenters. The second-order valence-electron chi connectivity index (χ2n) is 3.51. The van der Waals surface area contributed by atoms with Gasteiger partial charge in [-0.1, -0.05) is 15.9 Å². The fourth-order valence-electron chi connectivity index (χ4n) is 1.37. The maximum atomic E-state index is 8.78. The Morgan fingerprint density at radius 1 is 1.29 bits per heavy atom. The number of hydrogen-bond donors (Lipinski definition) is 0. The summed E-state index contributed by atoms with van der Waals surface area (Å²) in [5.74, 6) is 1.16. The molecular formula is C13H9BrN2O. The molecule has 2 rings (SSSR count). The van der Waals surface area contributed by atoms with Gasteiger partial charge in [0.15, 0.2) is 0 Å². The van der Waals surface area contributed by atoms with Crippen LogP contribution in [0.3, 0.4) is 0 Å². The Labute approximate surface area is 108 Å². The maximum Gasteiger partial charge on any atom is 0.220 e. The smallest absolute Gasteiger partial charge is 0.220 e. The molecule has 0 aliphatic rings. The van der Waals surface area contributed by atoms with Gasteiger partial charge < -0.3 is 4.74 Å². The highest BCUT2D eigenvalue weighted by Crippen LogP contribution is 2.26. The highest BCUT2D eigenvalue weighted by atomic mass is 79.9. The Kier molecular flexibility index (Phi) is 3.40. The highest BCUT2D eigenvalue weighted by Gasteiger charge is 2.03. The van der Waals surface area contributed by atoms with Gasteiger partial charge in [-0.2, -0.15) is 5.26 Å². The molecule has 0 bridgehead atoms. The zero-order valence-corrected chi connectivity index (χ0v) is 10.7. The summed E-state index contributed by atoms with van der Waals surface area (Å²) in [5, 5.41) is 8.78. The number of rotatable bonds is 2. The van der Waals surface area contributed by atoms with Crippen LogP contribution in [0.25, 0.3) is 0 Å². The minimum Gasteiger partial charge on any atom is -0.439 e. The molecule has 0 aliphatic carbocycles. The molecule has 1 aromatic heterocycles. The van der Waals surface area contributed by atoms with E-state index in [9.17, 15) is 0 Å². The second-order valence-corrected chi connectivity index (χ2v) is 4.42. The summed E-state index contributed by atoms with van der Waals surface area (Å²) in [6.45, 7) is 1.95. The van der Waals surface area contributed by atoms with E-state index in [1.54, 1.807) is 18.3 Å². The lowest BCUT2D eigenvalue weighted by molar-refractivity contribution is 0.459. The SMILES string of the molecule is Cc1cc(Br)ccc1Oc1cc(C#N)ccn1. The molecule has 0 fully saturated rings. The van der Waals surface area contributed by atoms with Gasteiger partial charge in [-0.15, -0.1) is 0 Å². The van der Waals surface area contributed by atoms with E-state index < -0.39 is 0 Å². The number of aryl methyl sites for hydroxylation is 1. The van der Waals surface area contributed by atoms with E-state index in [-0.39, 0.29) is 0 Å². The Bertz CT molecular complexity index is 590. The van der Waals surface area contributed by atoms with Crippen molar-refractivity contribution in [3.8, 4) is 17.7 Å². The summed E-state index contributed by atoms with van der Waals surface area (Å²) in [6, 6.07) is 11.0. The van der Waals surface area contributed by atoms with E-state index >= 15 is 0 Å². The Morgan fingerprint density at radius 2 is 2.12 bits per heavy atom. The van der Waals surface area contributed by atoms with Crippen LogP contribution < -0.4 is 4.74 Å². The summed E-state index contributed by atoms with van der Waals surface area (Å²) in [4.78, 5) is 4.06. The number of benzene rings is 1. The molecule has 0 saturated carbocycles. The average molecular weight is 289 g/mol. The van der Waals surface area contributed by atoms with E-state index in [1.165, 1.54) is 0 Å². The van der Waals surface area contributed by atoms with Crippen LogP contribution in [-0.4, -0.2) is 4.98 Å². The van der Waals surface area contributed by atoms with Crippen molar-refractivity contribution in [1.29, 1.82) is 5.26 Å². The highest BCUT2D eigenvalue weighted by molar-refractivity contribution is 9.10. The van der Waals surface area contributed by atoms with Crippen LogP contribution >= 0.6 is 15.9 Å². The molecule has 0 saturated heterocycles. The van der Waals surface area contributed by atoms with Crippen molar-refractivity contribution in [1.82, 2.24) is 4.98 Å². The molecule has 0 atom stereocenters. The van der Waals surface area contributed by atoms with Gasteiger partial charge >= 0.3 is 0 Å². The van der Waals surface area contributed by atoms with Crippen LogP contribution in [0, 0.1) is 18.3 Å². The normalized spacial score (nSPS) is 9.71. The van der Waals surface area contributed by atoms with Crippen LogP contribution in [-0.2, 0) is 0 Å². The van der Waals surface area contributed by atoms with Gasteiger partial charge in [0.2, 0.25) is 5.88 Å². The van der Waals surface area contributed by atoms with Crippen molar-refractivity contribution in [3.05, 3.63) is 52.1 Å². The number of aromatic nitrogens is 1. The minimum atomic E-state index is 0.425. The van der Waals surface area contributed by atoms with Crippen LogP contribution in [0.5, 0.6) is 11.6 Å². The number of ether oxygens (including phenoxy) is 1. The molecule has 0 N–H and O–H groups in total. The monoisotopic (exact) mass is 288 g/mol. The van der Waals surface area contributed by atoms with Crippen LogP contribution in [0.2, 0.25) is 0 Å². The Balaban J connectivity index is 2.28. The summed E-state index contributed by atoms with van der Waals surface area (Å²) < 4.78 is 6.62. The molecular weight excluding hydrogens is 280 g/mol. The van der Waals surface area contributed by atoms with Gasteiger partial charge in [-0.05, 0) is 36.8 Å². The van der Waals surface area contributed by atoms with E-state index in [0.717, 1.165) is 15.8 Å². The average Bonchev–Trinajstić information content (AvgIpc) is 2.33. The van der Waals surface area contributed by atoms with Crippen molar-refractivity contribution in [2.75, 3.05) is 0 Å². The summed E-state index contributed by atoms with van der Waals surface area (Å²) in [6.07, 6.45) is 1.56. The maximum absolute atomic E-state index is 8.78. The topological polar surface area (TPSA) is 45.9 Å². The predicted octanol–water partition coefficient (Wildman–Crippen LogP) is 3.82. The summed E-state index contributed by atoms with van der Waals surface area (Å²) in [7, 11) is 0. The fraction of sp³-hybridized carbons (Fsp3) is 0.0769. The third-order valence-electron chi connectivity index (χ3n) is 2.22. The van der Waals surface area contributed by atoms with Crippen LogP contribution in [0.15, 0.2) is 41.0 Å². The number of nitriles is 1. The van der Waals surface area contributed by atoms with Crippen molar-refractivity contribution in [3.63, 3.8) is 0 Å². The molecule has 84 valence electrons. The standard InChI is InChI=1S/C13H9BrN2O/c1-9-6-11(14)2-3-12(9)17-13-7-10(8-15)4-5-16-13/h2-7H,1H3. The third kappa shape index (κ3) is 2.83. The molecule has 3 nitrogen and oxygen atoms in total. The second kappa shape index (κ2) is 4.98. The lowest BCUT2D eigenvalue weighted by Gasteiger charge is -2.07. The van der Waals surface area contributed by atoms with Crippen LogP contribution in [0.1, 0.15) is 11.1 Å². The molecule has 1 heterocycles. The number of pyridine rings is 1. The van der Waals surface area contributed by atoms with Crippen molar-refractivity contribution < 1.29 is 4.74 Å². The van der Waals surface area contributed by atoms with Crippen molar-refractivity contribution >= 4 is 15.9 Å². The number of nitrogens with zero attached hydrogens (tertiary/aromatic N) is 2. The lowest BCUT2D eigenvalue weighted by atomic mass is 10.2. The van der Waals surface area contributed by atoms with Gasteiger partial charge in [0.25, 0.3) is 0 Å². The van der Waals surface area contributed by atoms with Gasteiger partial charge in [0.05, 0.1) is 11.6 Å². The van der Waals surface area contributed by atoms with Crippen molar-refractivity contribution in [2.45, 2.75) is 6.92 Å². The first-order chi connectivity index (χ1) is 8.19. The first-order valence-corrected chi connectivity index (χ1v) is 5.78. The van der Waals surface area contributed by atoms with E-state index in [4.69, 9.17) is 10.00 Å². The van der Waals surface area contributed by atoms with E-state index in [0.29, 0.717) is 11.4 Å². The fourth-order valence-corrected chi connectivity index (χ4v) is 1.85. The molecule has 4 heteroatoms. The molecule has 17 heavy (non-hydrogen) atoms. The summed E-state index contributed by atoms with van der Waals surface area (Å²) in [5.41, 5.74) is 1.54. The Hall–Kier alpha value is -1.86. The molecule has 0 radical (unpaired) electrons. The molecule has 0 spiro atoms. The molecule has 0 aliphatic heterocycles. The zero-order chi connectivity index (χ0) is 12.3. The van der Waals surface area contributed by atoms with Gasteiger partial charge in [-0.3, -0.25) is 0 Å².